The maximum atomic E-state index is 13.6. The van der Waals surface area contributed by atoms with Crippen LogP contribution in [0.25, 0.3) is 6.08 Å². The number of hydrogen-bond acceptors (Lipinski definition) is 13. The quantitative estimate of drug-likeness (QED) is 0.142. The van der Waals surface area contributed by atoms with Gasteiger partial charge in [0.15, 0.2) is 17.3 Å². The topological polar surface area (TPSA) is 199 Å². The molecule has 0 aromatic heterocycles. The Morgan fingerprint density at radius 3 is 1.81 bits per heavy atom. The third-order valence-corrected chi connectivity index (χ3v) is 9.56. The van der Waals surface area contributed by atoms with Crippen molar-refractivity contribution in [3.05, 3.63) is 86.5 Å². The number of ether oxygens (including phenoxy) is 5. The minimum absolute atomic E-state index is 0.158. The maximum absolute atomic E-state index is 13.6. The smallest absolute Gasteiger partial charge is 0.202 e. The third kappa shape index (κ3) is 5.02. The number of Topliss-reactive ketones (excluding diaryl/α,β-unsaturated/α-hetero) is 1. The molecule has 0 saturated heterocycles. The van der Waals surface area contributed by atoms with Gasteiger partial charge in [-0.1, -0.05) is 0 Å². The molecule has 0 radical (unpaired) electrons. The number of phenols is 5. The minimum atomic E-state index is -0.825. The van der Waals surface area contributed by atoms with Crippen molar-refractivity contribution in [2.75, 3.05) is 20.8 Å². The number of aromatic hydroxyl groups is 5. The van der Waals surface area contributed by atoms with E-state index >= 15 is 0 Å². The second-order valence-corrected chi connectivity index (χ2v) is 13.4. The first-order chi connectivity index (χ1) is 24.6. The van der Waals surface area contributed by atoms with Gasteiger partial charge in [0.1, 0.15) is 69.9 Å². The SMILES string of the molecule is COc1cc2c(cc1OC)C1C(=O)c3c(O)cc4c(c3OC1CO2)C=CC(C)(C)O4.Cc1cc(O)c2c(c1O)C(=O)c1c(O)cc(C)c(O)c1C2=O. The first kappa shape index (κ1) is 34.1. The van der Waals surface area contributed by atoms with Crippen LogP contribution in [-0.4, -0.2) is 75.4 Å². The van der Waals surface area contributed by atoms with E-state index in [1.165, 1.54) is 27.0 Å². The van der Waals surface area contributed by atoms with Crippen molar-refractivity contribution in [3.8, 4) is 57.5 Å². The molecule has 4 aromatic carbocycles. The summed E-state index contributed by atoms with van der Waals surface area (Å²) < 4.78 is 28.8. The fourth-order valence-electron chi connectivity index (χ4n) is 7.00. The molecule has 268 valence electrons. The summed E-state index contributed by atoms with van der Waals surface area (Å²) in [6.07, 6.45) is 3.23. The average molecular weight is 711 g/mol. The van der Waals surface area contributed by atoms with Crippen LogP contribution in [0.5, 0.6) is 57.5 Å². The van der Waals surface area contributed by atoms with Gasteiger partial charge in [-0.15, -0.1) is 0 Å². The highest BCUT2D eigenvalue weighted by Gasteiger charge is 2.46. The summed E-state index contributed by atoms with van der Waals surface area (Å²) in [5.74, 6) is -2.10. The van der Waals surface area contributed by atoms with Crippen LogP contribution >= 0.6 is 0 Å². The summed E-state index contributed by atoms with van der Waals surface area (Å²) in [6, 6.07) is 7.25. The standard InChI is InChI=1S/C23H22O7.C16H12O6/c1-23(2)6-5-11-15(30-23)8-13(24)20-21(25)19-12-7-16(26-3)17(27-4)9-14(12)28-10-18(19)29-22(11)20;1-5-3-7(17)9-11(13(5)19)15(21)10-8(18)4-6(2)14(20)12(10)16(9)22/h5-9,18-19,24H,10H2,1-4H3;3-4,17-20H,1-2H3. The number of carbonyl (C=O) groups is 3. The van der Waals surface area contributed by atoms with Gasteiger partial charge in [0.25, 0.3) is 0 Å². The predicted molar refractivity (Wildman–Crippen MR) is 184 cm³/mol. The van der Waals surface area contributed by atoms with E-state index in [9.17, 15) is 39.9 Å². The Labute approximate surface area is 296 Å². The Balaban J connectivity index is 0.000000170. The molecule has 0 amide bonds. The van der Waals surface area contributed by atoms with Gasteiger partial charge in [0.2, 0.25) is 11.6 Å². The summed E-state index contributed by atoms with van der Waals surface area (Å²) in [5.41, 5.74) is -0.114. The van der Waals surface area contributed by atoms with Gasteiger partial charge in [-0.05, 0) is 69.2 Å². The molecule has 4 aliphatic rings. The number of aryl methyl sites for hydroxylation is 2. The fraction of sp³-hybridized carbons (Fsp3) is 0.256. The Bertz CT molecular complexity index is 2230. The third-order valence-electron chi connectivity index (χ3n) is 9.56. The summed E-state index contributed by atoms with van der Waals surface area (Å²) in [5, 5.41) is 50.8. The minimum Gasteiger partial charge on any atom is -0.507 e. The van der Waals surface area contributed by atoms with Crippen molar-refractivity contribution < 1.29 is 63.6 Å². The van der Waals surface area contributed by atoms with Crippen LogP contribution in [0.4, 0.5) is 0 Å². The van der Waals surface area contributed by atoms with Crippen molar-refractivity contribution in [1.82, 2.24) is 0 Å². The van der Waals surface area contributed by atoms with Crippen molar-refractivity contribution in [3.63, 3.8) is 0 Å². The molecule has 0 bridgehead atoms. The molecule has 0 spiro atoms. The molecular formula is C39H34O13. The molecule has 13 nitrogen and oxygen atoms in total. The fourth-order valence-corrected chi connectivity index (χ4v) is 7.00. The number of methoxy groups -OCH3 is 2. The first-order valence-electron chi connectivity index (χ1n) is 16.2. The number of carbonyl (C=O) groups excluding carboxylic acids is 3. The van der Waals surface area contributed by atoms with E-state index < -0.39 is 52.2 Å². The molecule has 2 unspecified atom stereocenters. The normalized spacial score (nSPS) is 18.4. The van der Waals surface area contributed by atoms with E-state index in [-0.39, 0.29) is 57.1 Å². The Kier molecular flexibility index (Phi) is 7.78. The first-order valence-corrected chi connectivity index (χ1v) is 16.2. The van der Waals surface area contributed by atoms with E-state index in [2.05, 4.69) is 0 Å². The van der Waals surface area contributed by atoms with Crippen LogP contribution < -0.4 is 23.7 Å². The number of fused-ring (bicyclic) bond motifs is 8. The molecule has 13 heteroatoms. The van der Waals surface area contributed by atoms with Crippen LogP contribution in [-0.2, 0) is 0 Å². The highest BCUT2D eigenvalue weighted by atomic mass is 16.5. The molecule has 4 aromatic rings. The lowest BCUT2D eigenvalue weighted by molar-refractivity contribution is 0.0547. The number of hydrogen-bond donors (Lipinski definition) is 5. The molecule has 0 fully saturated rings. The van der Waals surface area contributed by atoms with E-state index in [0.717, 1.165) is 12.1 Å². The summed E-state index contributed by atoms with van der Waals surface area (Å²) in [6.45, 7) is 6.96. The van der Waals surface area contributed by atoms with Crippen LogP contribution in [0.15, 0.2) is 36.4 Å². The zero-order valence-electron chi connectivity index (χ0n) is 28.9. The number of rotatable bonds is 2. The van der Waals surface area contributed by atoms with E-state index in [1.54, 1.807) is 19.2 Å². The van der Waals surface area contributed by atoms with Gasteiger partial charge in [-0.2, -0.15) is 0 Å². The van der Waals surface area contributed by atoms with Crippen LogP contribution in [0.3, 0.4) is 0 Å². The molecule has 0 saturated carbocycles. The molecule has 5 N–H and O–H groups in total. The van der Waals surface area contributed by atoms with Gasteiger partial charge in [0.05, 0.1) is 48.0 Å². The number of benzene rings is 4. The second kappa shape index (κ2) is 11.9. The molecule has 52 heavy (non-hydrogen) atoms. The summed E-state index contributed by atoms with van der Waals surface area (Å²) in [7, 11) is 3.07. The monoisotopic (exact) mass is 710 g/mol. The van der Waals surface area contributed by atoms with Crippen molar-refractivity contribution >= 4 is 23.4 Å². The van der Waals surface area contributed by atoms with Crippen LogP contribution in [0.2, 0.25) is 0 Å². The second-order valence-electron chi connectivity index (χ2n) is 13.4. The molecule has 8 rings (SSSR count). The Morgan fingerprint density at radius 2 is 1.25 bits per heavy atom. The molecule has 1 aliphatic carbocycles. The zero-order chi connectivity index (χ0) is 37.5. The van der Waals surface area contributed by atoms with Crippen molar-refractivity contribution in [2.45, 2.75) is 45.3 Å². The summed E-state index contributed by atoms with van der Waals surface area (Å²) >= 11 is 0. The zero-order valence-corrected chi connectivity index (χ0v) is 28.9. The Hall–Kier alpha value is -6.37. The molecule has 3 heterocycles. The Morgan fingerprint density at radius 1 is 0.712 bits per heavy atom. The predicted octanol–water partition coefficient (Wildman–Crippen LogP) is 5.61. The maximum Gasteiger partial charge on any atom is 0.202 e. The molecule has 3 aliphatic heterocycles. The molecular weight excluding hydrogens is 676 g/mol. The molecule has 2 atom stereocenters. The van der Waals surface area contributed by atoms with Crippen LogP contribution in [0, 0.1) is 13.8 Å². The van der Waals surface area contributed by atoms with Crippen molar-refractivity contribution in [2.24, 2.45) is 0 Å². The van der Waals surface area contributed by atoms with Gasteiger partial charge in [-0.25, -0.2) is 0 Å². The van der Waals surface area contributed by atoms with E-state index in [1.807, 2.05) is 26.0 Å². The average Bonchev–Trinajstić information content (AvgIpc) is 3.09. The van der Waals surface area contributed by atoms with Gasteiger partial charge in [0, 0.05) is 17.7 Å². The van der Waals surface area contributed by atoms with Gasteiger partial charge in [-0.3, -0.25) is 14.4 Å². The van der Waals surface area contributed by atoms with Gasteiger partial charge >= 0.3 is 0 Å². The van der Waals surface area contributed by atoms with Crippen molar-refractivity contribution in [1.29, 1.82) is 0 Å². The summed E-state index contributed by atoms with van der Waals surface area (Å²) in [4.78, 5) is 38.7. The lowest BCUT2D eigenvalue weighted by atomic mass is 9.80. The lowest BCUT2D eigenvalue weighted by Gasteiger charge is -2.39. The van der Waals surface area contributed by atoms with E-state index in [4.69, 9.17) is 23.7 Å². The van der Waals surface area contributed by atoms with E-state index in [0.29, 0.717) is 39.9 Å². The lowest BCUT2D eigenvalue weighted by Crippen LogP contribution is -2.43. The highest BCUT2D eigenvalue weighted by molar-refractivity contribution is 6.32. The number of phenolic OH excluding ortho intramolecular Hbond substituents is 5. The highest BCUT2D eigenvalue weighted by Crippen LogP contribution is 2.52. The van der Waals surface area contributed by atoms with Crippen LogP contribution in [0.1, 0.15) is 84.2 Å². The largest absolute Gasteiger partial charge is 0.507 e. The number of ketones is 3. The van der Waals surface area contributed by atoms with Gasteiger partial charge < -0.3 is 49.2 Å².